The van der Waals surface area contributed by atoms with Crippen LogP contribution in [0.1, 0.15) is 23.2 Å². The van der Waals surface area contributed by atoms with Crippen LogP contribution in [0.5, 0.6) is 5.75 Å². The van der Waals surface area contributed by atoms with Crippen LogP contribution < -0.4 is 9.46 Å². The summed E-state index contributed by atoms with van der Waals surface area (Å²) in [4.78, 5) is 14.3. The van der Waals surface area contributed by atoms with Gasteiger partial charge >= 0.3 is 0 Å². The SMILES string of the molecule is COCCOc1ccc(S(=O)(=O)Nc2ccc(C(=O)N3CCCC3)cc2)cc1. The molecule has 0 aromatic heterocycles. The highest BCUT2D eigenvalue weighted by Gasteiger charge is 2.20. The minimum atomic E-state index is -3.73. The maximum absolute atomic E-state index is 12.6. The predicted molar refractivity (Wildman–Crippen MR) is 106 cm³/mol. The van der Waals surface area contributed by atoms with E-state index in [2.05, 4.69) is 4.72 Å². The molecular weight excluding hydrogens is 380 g/mol. The molecule has 150 valence electrons. The molecule has 1 saturated heterocycles. The van der Waals surface area contributed by atoms with E-state index in [1.807, 2.05) is 4.90 Å². The van der Waals surface area contributed by atoms with Crippen LogP contribution in [0.25, 0.3) is 0 Å². The van der Waals surface area contributed by atoms with Crippen molar-refractivity contribution in [1.82, 2.24) is 4.90 Å². The fourth-order valence-electron chi connectivity index (χ4n) is 2.96. The van der Waals surface area contributed by atoms with E-state index in [0.29, 0.717) is 30.2 Å². The van der Waals surface area contributed by atoms with Crippen molar-refractivity contribution in [2.45, 2.75) is 17.7 Å². The highest BCUT2D eigenvalue weighted by molar-refractivity contribution is 7.92. The van der Waals surface area contributed by atoms with Crippen LogP contribution in [0.15, 0.2) is 53.4 Å². The van der Waals surface area contributed by atoms with Gasteiger partial charge in [-0.25, -0.2) is 8.42 Å². The van der Waals surface area contributed by atoms with Crippen molar-refractivity contribution in [2.75, 3.05) is 38.1 Å². The van der Waals surface area contributed by atoms with Crippen molar-refractivity contribution in [3.63, 3.8) is 0 Å². The molecule has 0 radical (unpaired) electrons. The lowest BCUT2D eigenvalue weighted by Crippen LogP contribution is -2.27. The number of nitrogens with zero attached hydrogens (tertiary/aromatic N) is 1. The first-order chi connectivity index (χ1) is 13.5. The van der Waals surface area contributed by atoms with Crippen LogP contribution in [0.2, 0.25) is 0 Å². The largest absolute Gasteiger partial charge is 0.491 e. The van der Waals surface area contributed by atoms with Crippen molar-refractivity contribution in [1.29, 1.82) is 0 Å². The highest BCUT2D eigenvalue weighted by atomic mass is 32.2. The van der Waals surface area contributed by atoms with E-state index >= 15 is 0 Å². The Bertz CT molecular complexity index is 889. The lowest BCUT2D eigenvalue weighted by atomic mass is 10.2. The van der Waals surface area contributed by atoms with E-state index in [4.69, 9.17) is 9.47 Å². The molecule has 2 aromatic rings. The maximum Gasteiger partial charge on any atom is 0.261 e. The summed E-state index contributed by atoms with van der Waals surface area (Å²) in [6.07, 6.45) is 2.06. The topological polar surface area (TPSA) is 84.9 Å². The molecule has 1 amide bonds. The first-order valence-corrected chi connectivity index (χ1v) is 10.6. The zero-order valence-electron chi connectivity index (χ0n) is 15.8. The van der Waals surface area contributed by atoms with Crippen LogP contribution in [0.3, 0.4) is 0 Å². The third-order valence-electron chi connectivity index (χ3n) is 4.47. The van der Waals surface area contributed by atoms with Crippen LogP contribution in [0.4, 0.5) is 5.69 Å². The summed E-state index contributed by atoms with van der Waals surface area (Å²) in [5.74, 6) is 0.553. The average Bonchev–Trinajstić information content (AvgIpc) is 3.23. The van der Waals surface area contributed by atoms with Gasteiger partial charge < -0.3 is 14.4 Å². The molecule has 0 spiro atoms. The first-order valence-electron chi connectivity index (χ1n) is 9.13. The Morgan fingerprint density at radius 2 is 1.64 bits per heavy atom. The van der Waals surface area contributed by atoms with E-state index in [0.717, 1.165) is 25.9 Å². The fraction of sp³-hybridized carbons (Fsp3) is 0.350. The number of amides is 1. The first kappa shape index (κ1) is 20.2. The van der Waals surface area contributed by atoms with Crippen LogP contribution >= 0.6 is 0 Å². The van der Waals surface area contributed by atoms with Gasteiger partial charge in [-0.2, -0.15) is 0 Å². The normalized spacial score (nSPS) is 14.1. The summed E-state index contributed by atoms with van der Waals surface area (Å²) in [5, 5.41) is 0. The van der Waals surface area contributed by atoms with Gasteiger partial charge in [-0.05, 0) is 61.4 Å². The zero-order valence-corrected chi connectivity index (χ0v) is 16.6. The van der Waals surface area contributed by atoms with Crippen molar-refractivity contribution in [3.05, 3.63) is 54.1 Å². The summed E-state index contributed by atoms with van der Waals surface area (Å²) in [7, 11) is -2.15. The molecule has 0 atom stereocenters. The molecule has 28 heavy (non-hydrogen) atoms. The Balaban J connectivity index is 1.64. The minimum Gasteiger partial charge on any atom is -0.491 e. The standard InChI is InChI=1S/C20H24N2O5S/c1-26-14-15-27-18-8-10-19(11-9-18)28(24,25)21-17-6-4-16(5-7-17)20(23)22-12-2-3-13-22/h4-11,21H,2-3,12-15H2,1H3. The summed E-state index contributed by atoms with van der Waals surface area (Å²) in [6.45, 7) is 2.40. The quantitative estimate of drug-likeness (QED) is 0.684. The second-order valence-electron chi connectivity index (χ2n) is 6.49. The van der Waals surface area contributed by atoms with E-state index in [9.17, 15) is 13.2 Å². The molecule has 0 unspecified atom stereocenters. The van der Waals surface area contributed by atoms with Gasteiger partial charge in [0.15, 0.2) is 0 Å². The molecule has 2 aromatic carbocycles. The number of nitrogens with one attached hydrogen (secondary N) is 1. The number of carbonyl (C=O) groups excluding carboxylic acids is 1. The smallest absolute Gasteiger partial charge is 0.261 e. The number of carbonyl (C=O) groups is 1. The van der Waals surface area contributed by atoms with Crippen molar-refractivity contribution >= 4 is 21.6 Å². The zero-order chi connectivity index (χ0) is 20.0. The third-order valence-corrected chi connectivity index (χ3v) is 5.86. The number of ether oxygens (including phenoxy) is 2. The Morgan fingerprint density at radius 3 is 2.25 bits per heavy atom. The fourth-order valence-corrected chi connectivity index (χ4v) is 4.01. The molecule has 0 saturated carbocycles. The molecule has 1 fully saturated rings. The highest BCUT2D eigenvalue weighted by Crippen LogP contribution is 2.20. The average molecular weight is 404 g/mol. The number of rotatable bonds is 8. The molecule has 3 rings (SSSR count). The van der Waals surface area contributed by atoms with Crippen molar-refractivity contribution in [3.8, 4) is 5.75 Å². The molecule has 1 heterocycles. The van der Waals surface area contributed by atoms with Gasteiger partial charge in [0.1, 0.15) is 12.4 Å². The number of anilines is 1. The minimum absolute atomic E-state index is 0.0176. The Morgan fingerprint density at radius 1 is 1.00 bits per heavy atom. The summed E-state index contributed by atoms with van der Waals surface area (Å²) >= 11 is 0. The van der Waals surface area contributed by atoms with E-state index in [1.54, 1.807) is 43.5 Å². The Hall–Kier alpha value is -2.58. The molecule has 1 N–H and O–H groups in total. The molecule has 1 aliphatic heterocycles. The second-order valence-corrected chi connectivity index (χ2v) is 8.18. The van der Waals surface area contributed by atoms with E-state index < -0.39 is 10.0 Å². The maximum atomic E-state index is 12.6. The second kappa shape index (κ2) is 9.07. The number of methoxy groups -OCH3 is 1. The third kappa shape index (κ3) is 5.02. The number of hydrogen-bond donors (Lipinski definition) is 1. The summed E-state index contributed by atoms with van der Waals surface area (Å²) < 4.78 is 38.0. The molecule has 0 bridgehead atoms. The molecule has 7 nitrogen and oxygen atoms in total. The van der Waals surface area contributed by atoms with E-state index in [-0.39, 0.29) is 10.8 Å². The molecular formula is C20H24N2O5S. The molecule has 1 aliphatic rings. The lowest BCUT2D eigenvalue weighted by Gasteiger charge is -2.15. The number of likely N-dealkylation sites (tertiary alicyclic amines) is 1. The van der Waals surface area contributed by atoms with Gasteiger partial charge in [-0.1, -0.05) is 0 Å². The molecule has 8 heteroatoms. The van der Waals surface area contributed by atoms with Gasteiger partial charge in [-0.3, -0.25) is 9.52 Å². The van der Waals surface area contributed by atoms with Crippen LogP contribution in [-0.4, -0.2) is 52.6 Å². The Labute approximate surface area is 165 Å². The van der Waals surface area contributed by atoms with Crippen LogP contribution in [0, 0.1) is 0 Å². The predicted octanol–water partition coefficient (Wildman–Crippen LogP) is 2.75. The van der Waals surface area contributed by atoms with Gasteiger partial charge in [0.2, 0.25) is 0 Å². The number of hydrogen-bond acceptors (Lipinski definition) is 5. The monoisotopic (exact) mass is 404 g/mol. The Kier molecular flexibility index (Phi) is 6.53. The van der Waals surface area contributed by atoms with Crippen LogP contribution in [-0.2, 0) is 14.8 Å². The van der Waals surface area contributed by atoms with Gasteiger partial charge in [0.05, 0.1) is 11.5 Å². The van der Waals surface area contributed by atoms with Gasteiger partial charge in [0, 0.05) is 31.5 Å². The van der Waals surface area contributed by atoms with Crippen molar-refractivity contribution < 1.29 is 22.7 Å². The summed E-state index contributed by atoms with van der Waals surface area (Å²) in [6, 6.07) is 12.7. The lowest BCUT2D eigenvalue weighted by molar-refractivity contribution is 0.0793. The van der Waals surface area contributed by atoms with Gasteiger partial charge in [-0.15, -0.1) is 0 Å². The summed E-state index contributed by atoms with van der Waals surface area (Å²) in [5.41, 5.74) is 0.959. The van der Waals surface area contributed by atoms with E-state index in [1.165, 1.54) is 12.1 Å². The van der Waals surface area contributed by atoms with Gasteiger partial charge in [0.25, 0.3) is 15.9 Å². The molecule has 0 aliphatic carbocycles. The number of sulfonamides is 1. The number of benzene rings is 2. The van der Waals surface area contributed by atoms with Crippen molar-refractivity contribution in [2.24, 2.45) is 0 Å².